The minimum absolute atomic E-state index is 0.130. The van der Waals surface area contributed by atoms with Crippen LogP contribution in [0.2, 0.25) is 0 Å². The molecule has 26 heavy (non-hydrogen) atoms. The number of hydrogen-bond acceptors (Lipinski definition) is 5. The Bertz CT molecular complexity index is 821. The topological polar surface area (TPSA) is 45.2 Å². The minimum atomic E-state index is -0.130. The number of amides is 1. The van der Waals surface area contributed by atoms with Crippen LogP contribution in [-0.2, 0) is 13.1 Å². The Hall–Kier alpha value is -2.02. The van der Waals surface area contributed by atoms with Crippen molar-refractivity contribution < 1.29 is 4.79 Å². The molecule has 0 fully saturated rings. The number of aromatic nitrogens is 1. The first-order valence-corrected chi connectivity index (χ1v) is 10.6. The van der Waals surface area contributed by atoms with Crippen molar-refractivity contribution in [2.75, 3.05) is 13.1 Å². The smallest absolute Gasteiger partial charge is 0.271 e. The van der Waals surface area contributed by atoms with Gasteiger partial charge in [0.1, 0.15) is 10.7 Å². The summed E-state index contributed by atoms with van der Waals surface area (Å²) in [5.41, 5.74) is 3.94. The molecule has 0 atom stereocenters. The number of nitrogens with one attached hydrogen (secondary N) is 1. The van der Waals surface area contributed by atoms with E-state index in [0.717, 1.165) is 35.8 Å². The number of benzene rings is 1. The maximum atomic E-state index is 12.3. The molecule has 0 spiro atoms. The lowest BCUT2D eigenvalue weighted by Crippen LogP contribution is -2.23. The summed E-state index contributed by atoms with van der Waals surface area (Å²) in [6.45, 7) is 7.93. The van der Waals surface area contributed by atoms with E-state index in [4.69, 9.17) is 0 Å². The summed E-state index contributed by atoms with van der Waals surface area (Å²) in [4.78, 5) is 19.1. The zero-order chi connectivity index (χ0) is 18.4. The van der Waals surface area contributed by atoms with E-state index < -0.39 is 0 Å². The zero-order valence-electron chi connectivity index (χ0n) is 15.1. The van der Waals surface area contributed by atoms with Gasteiger partial charge in [0.05, 0.1) is 0 Å². The summed E-state index contributed by atoms with van der Waals surface area (Å²) in [7, 11) is 0. The van der Waals surface area contributed by atoms with Gasteiger partial charge in [0.25, 0.3) is 5.91 Å². The molecule has 0 bridgehead atoms. The first kappa shape index (κ1) is 18.8. The van der Waals surface area contributed by atoms with Crippen LogP contribution in [0.25, 0.3) is 10.6 Å². The van der Waals surface area contributed by atoms with Crippen LogP contribution >= 0.6 is 22.7 Å². The summed E-state index contributed by atoms with van der Waals surface area (Å²) in [6, 6.07) is 10.5. The SMILES string of the molecule is CCN(CC)Cc1ccc(CNC(=O)c2csc(-c3ccsc3)n2)cc1. The van der Waals surface area contributed by atoms with Crippen LogP contribution in [0.1, 0.15) is 35.5 Å². The lowest BCUT2D eigenvalue weighted by Gasteiger charge is -2.18. The van der Waals surface area contributed by atoms with Gasteiger partial charge in [-0.3, -0.25) is 9.69 Å². The third-order valence-electron chi connectivity index (χ3n) is 4.28. The van der Waals surface area contributed by atoms with Gasteiger partial charge in [-0.2, -0.15) is 11.3 Å². The average molecular weight is 386 g/mol. The molecule has 0 aliphatic heterocycles. The number of thiophene rings is 1. The van der Waals surface area contributed by atoms with Gasteiger partial charge >= 0.3 is 0 Å². The molecule has 0 aliphatic rings. The van der Waals surface area contributed by atoms with Gasteiger partial charge in [0.2, 0.25) is 0 Å². The molecule has 4 nitrogen and oxygen atoms in total. The first-order valence-electron chi connectivity index (χ1n) is 8.76. The third-order valence-corrected chi connectivity index (χ3v) is 5.86. The molecule has 2 heterocycles. The molecule has 0 saturated carbocycles. The van der Waals surface area contributed by atoms with Crippen LogP contribution in [0, 0.1) is 0 Å². The number of rotatable bonds is 8. The van der Waals surface area contributed by atoms with Crippen LogP contribution in [0.3, 0.4) is 0 Å². The van der Waals surface area contributed by atoms with E-state index in [1.165, 1.54) is 16.9 Å². The van der Waals surface area contributed by atoms with Crippen molar-refractivity contribution in [3.63, 3.8) is 0 Å². The molecule has 3 aromatic rings. The largest absolute Gasteiger partial charge is 0.347 e. The molecule has 1 N–H and O–H groups in total. The molecule has 3 rings (SSSR count). The van der Waals surface area contributed by atoms with Crippen LogP contribution in [0.4, 0.5) is 0 Å². The van der Waals surface area contributed by atoms with Crippen LogP contribution in [0.5, 0.6) is 0 Å². The predicted octanol–water partition coefficient (Wildman–Crippen LogP) is 4.64. The Morgan fingerprint density at radius 3 is 2.46 bits per heavy atom. The van der Waals surface area contributed by atoms with E-state index in [2.05, 4.69) is 53.3 Å². The number of carbonyl (C=O) groups is 1. The normalized spacial score (nSPS) is 11.0. The molecule has 1 aromatic carbocycles. The quantitative estimate of drug-likeness (QED) is 0.614. The van der Waals surface area contributed by atoms with Crippen molar-refractivity contribution in [2.24, 2.45) is 0 Å². The highest BCUT2D eigenvalue weighted by Crippen LogP contribution is 2.25. The van der Waals surface area contributed by atoms with Gasteiger partial charge in [-0.05, 0) is 35.7 Å². The fourth-order valence-electron chi connectivity index (χ4n) is 2.64. The van der Waals surface area contributed by atoms with Gasteiger partial charge in [-0.15, -0.1) is 11.3 Å². The highest BCUT2D eigenvalue weighted by atomic mass is 32.1. The molecule has 0 aliphatic carbocycles. The second kappa shape index (κ2) is 9.07. The Labute approximate surface area is 162 Å². The fraction of sp³-hybridized carbons (Fsp3) is 0.300. The molecular weight excluding hydrogens is 362 g/mol. The predicted molar refractivity (Wildman–Crippen MR) is 110 cm³/mol. The van der Waals surface area contributed by atoms with Crippen LogP contribution < -0.4 is 5.32 Å². The van der Waals surface area contributed by atoms with Crippen molar-refractivity contribution in [2.45, 2.75) is 26.9 Å². The molecule has 0 unspecified atom stereocenters. The van der Waals surface area contributed by atoms with Crippen LogP contribution in [0.15, 0.2) is 46.5 Å². The highest BCUT2D eigenvalue weighted by molar-refractivity contribution is 7.14. The van der Waals surface area contributed by atoms with Gasteiger partial charge in [0, 0.05) is 29.4 Å². The molecule has 0 radical (unpaired) electrons. The highest BCUT2D eigenvalue weighted by Gasteiger charge is 2.12. The monoisotopic (exact) mass is 385 g/mol. The van der Waals surface area contributed by atoms with E-state index in [0.29, 0.717) is 12.2 Å². The van der Waals surface area contributed by atoms with Gasteiger partial charge in [0.15, 0.2) is 0 Å². The number of carbonyl (C=O) groups excluding carboxylic acids is 1. The average Bonchev–Trinajstić information content (AvgIpc) is 3.36. The second-order valence-electron chi connectivity index (χ2n) is 6.01. The van der Waals surface area contributed by atoms with Crippen molar-refractivity contribution >= 4 is 28.6 Å². The summed E-state index contributed by atoms with van der Waals surface area (Å²) < 4.78 is 0. The van der Waals surface area contributed by atoms with Crippen molar-refractivity contribution in [1.29, 1.82) is 0 Å². The Morgan fingerprint density at radius 1 is 1.08 bits per heavy atom. The van der Waals surface area contributed by atoms with Crippen molar-refractivity contribution in [3.8, 4) is 10.6 Å². The Morgan fingerprint density at radius 2 is 1.81 bits per heavy atom. The summed E-state index contributed by atoms with van der Waals surface area (Å²) >= 11 is 3.13. The second-order valence-corrected chi connectivity index (χ2v) is 7.65. The van der Waals surface area contributed by atoms with E-state index in [9.17, 15) is 4.79 Å². The van der Waals surface area contributed by atoms with E-state index in [1.807, 2.05) is 22.2 Å². The van der Waals surface area contributed by atoms with Gasteiger partial charge < -0.3 is 5.32 Å². The molecule has 6 heteroatoms. The summed E-state index contributed by atoms with van der Waals surface area (Å²) in [6.07, 6.45) is 0. The standard InChI is InChI=1S/C20H23N3OS2/c1-3-23(4-2)12-16-7-5-15(6-8-16)11-21-19(24)18-14-26-20(22-18)17-9-10-25-13-17/h5-10,13-14H,3-4,11-12H2,1-2H3,(H,21,24). The molecular formula is C20H23N3OS2. The van der Waals surface area contributed by atoms with Gasteiger partial charge in [-0.25, -0.2) is 4.98 Å². The molecule has 136 valence electrons. The first-order chi connectivity index (χ1) is 12.7. The van der Waals surface area contributed by atoms with E-state index in [-0.39, 0.29) is 5.91 Å². The van der Waals surface area contributed by atoms with Crippen molar-refractivity contribution in [1.82, 2.24) is 15.2 Å². The van der Waals surface area contributed by atoms with E-state index in [1.54, 1.807) is 11.3 Å². The van der Waals surface area contributed by atoms with Crippen molar-refractivity contribution in [3.05, 3.63) is 63.3 Å². The fourth-order valence-corrected chi connectivity index (χ4v) is 4.15. The number of hydrogen-bond donors (Lipinski definition) is 1. The maximum Gasteiger partial charge on any atom is 0.271 e. The Balaban J connectivity index is 1.54. The maximum absolute atomic E-state index is 12.3. The van der Waals surface area contributed by atoms with Crippen LogP contribution in [-0.4, -0.2) is 28.9 Å². The lowest BCUT2D eigenvalue weighted by atomic mass is 10.1. The number of thiazole rings is 1. The molecule has 2 aromatic heterocycles. The van der Waals surface area contributed by atoms with Gasteiger partial charge in [-0.1, -0.05) is 38.1 Å². The third kappa shape index (κ3) is 4.78. The summed E-state index contributed by atoms with van der Waals surface area (Å²) in [5.74, 6) is -0.130. The summed E-state index contributed by atoms with van der Waals surface area (Å²) in [5, 5.41) is 9.71. The van der Waals surface area contributed by atoms with E-state index >= 15 is 0 Å². The zero-order valence-corrected chi connectivity index (χ0v) is 16.7. The molecule has 0 saturated heterocycles. The minimum Gasteiger partial charge on any atom is -0.347 e. The molecule has 1 amide bonds. The lowest BCUT2D eigenvalue weighted by molar-refractivity contribution is 0.0946. The Kier molecular flexibility index (Phi) is 6.55. The number of nitrogens with zero attached hydrogens (tertiary/aromatic N) is 2.